The Morgan fingerprint density at radius 3 is 2.68 bits per heavy atom. The standard InChI is InChI=1S/C14H18F3N7O3S/c1-19-12(22-10-5-2-4-9(8-10)14(15,16)17)11-13(24-27-23-11)20-6-3-7-21-28(18,25)26/h2,4-5,8,21H,3,6-7H2,1H3,(H,19,22)(H,20,24)(H2,18,25,26). The molecule has 0 unspecified atom stereocenters. The van der Waals surface area contributed by atoms with Gasteiger partial charge >= 0.3 is 6.18 Å². The lowest BCUT2D eigenvalue weighted by Crippen LogP contribution is -2.32. The van der Waals surface area contributed by atoms with Crippen molar-refractivity contribution >= 4 is 27.6 Å². The summed E-state index contributed by atoms with van der Waals surface area (Å²) in [6.45, 7) is 0.397. The molecule has 0 atom stereocenters. The van der Waals surface area contributed by atoms with Crippen LogP contribution in [0.4, 0.5) is 24.7 Å². The predicted octanol–water partition coefficient (Wildman–Crippen LogP) is 1.17. The SMILES string of the molecule is CN=C(Nc1cccc(C(F)(F)F)c1)c1nonc1NCCCNS(N)(=O)=O. The number of nitrogens with one attached hydrogen (secondary N) is 3. The topological polar surface area (TPSA) is 148 Å². The highest BCUT2D eigenvalue weighted by Gasteiger charge is 2.30. The molecule has 2 rings (SSSR count). The van der Waals surface area contributed by atoms with E-state index in [1.54, 1.807) is 0 Å². The quantitative estimate of drug-likeness (QED) is 0.284. The fourth-order valence-corrected chi connectivity index (χ4v) is 2.53. The van der Waals surface area contributed by atoms with Gasteiger partial charge in [0.1, 0.15) is 0 Å². The molecule has 1 heterocycles. The molecule has 0 bridgehead atoms. The fourth-order valence-electron chi connectivity index (χ4n) is 2.10. The molecule has 1 aromatic carbocycles. The van der Waals surface area contributed by atoms with Crippen molar-refractivity contribution in [2.75, 3.05) is 30.8 Å². The molecule has 0 amide bonds. The Morgan fingerprint density at radius 1 is 1.29 bits per heavy atom. The Morgan fingerprint density at radius 2 is 2.04 bits per heavy atom. The second kappa shape index (κ2) is 8.99. The number of nitrogens with two attached hydrogens (primary N) is 1. The lowest BCUT2D eigenvalue weighted by Gasteiger charge is -2.11. The molecule has 28 heavy (non-hydrogen) atoms. The average Bonchev–Trinajstić information content (AvgIpc) is 3.06. The third-order valence-electron chi connectivity index (χ3n) is 3.34. The molecule has 0 spiro atoms. The third-order valence-corrected chi connectivity index (χ3v) is 3.94. The largest absolute Gasteiger partial charge is 0.416 e. The van der Waals surface area contributed by atoms with Crippen LogP contribution in [0.3, 0.4) is 0 Å². The van der Waals surface area contributed by atoms with E-state index < -0.39 is 21.9 Å². The van der Waals surface area contributed by atoms with E-state index in [4.69, 9.17) is 5.14 Å². The number of rotatable bonds is 8. The second-order valence-electron chi connectivity index (χ2n) is 5.46. The van der Waals surface area contributed by atoms with Gasteiger partial charge < -0.3 is 10.6 Å². The number of amidine groups is 1. The van der Waals surface area contributed by atoms with Crippen LogP contribution in [0.1, 0.15) is 17.7 Å². The van der Waals surface area contributed by atoms with Crippen LogP contribution in [-0.4, -0.2) is 44.7 Å². The molecular formula is C14H18F3N7O3S. The van der Waals surface area contributed by atoms with Gasteiger partial charge in [-0.25, -0.2) is 14.5 Å². The van der Waals surface area contributed by atoms with Gasteiger partial charge in [-0.3, -0.25) is 4.99 Å². The summed E-state index contributed by atoms with van der Waals surface area (Å²) in [6.07, 6.45) is -4.10. The van der Waals surface area contributed by atoms with Crippen molar-refractivity contribution < 1.29 is 26.2 Å². The highest BCUT2D eigenvalue weighted by Crippen LogP contribution is 2.30. The molecule has 154 valence electrons. The molecule has 5 N–H and O–H groups in total. The Labute approximate surface area is 158 Å². The minimum absolute atomic E-state index is 0.101. The molecule has 0 aliphatic carbocycles. The monoisotopic (exact) mass is 421 g/mol. The van der Waals surface area contributed by atoms with Crippen LogP contribution >= 0.6 is 0 Å². The first kappa shape index (κ1) is 21.6. The van der Waals surface area contributed by atoms with Gasteiger partial charge in [-0.15, -0.1) is 0 Å². The van der Waals surface area contributed by atoms with Crippen LogP contribution in [0, 0.1) is 0 Å². The summed E-state index contributed by atoms with van der Waals surface area (Å²) in [6, 6.07) is 4.59. The number of aliphatic imine (C=N–C) groups is 1. The number of aromatic nitrogens is 2. The number of hydrogen-bond donors (Lipinski definition) is 4. The summed E-state index contributed by atoms with van der Waals surface area (Å²) in [4.78, 5) is 3.97. The zero-order valence-corrected chi connectivity index (χ0v) is 15.4. The summed E-state index contributed by atoms with van der Waals surface area (Å²) in [5, 5.41) is 17.8. The van der Waals surface area contributed by atoms with E-state index in [9.17, 15) is 21.6 Å². The van der Waals surface area contributed by atoms with E-state index in [1.165, 1.54) is 19.2 Å². The summed E-state index contributed by atoms with van der Waals surface area (Å²) < 4.78 is 66.9. The Bertz CT molecular complexity index is 928. The number of anilines is 2. The molecule has 10 nitrogen and oxygen atoms in total. The highest BCUT2D eigenvalue weighted by molar-refractivity contribution is 7.87. The molecule has 2 aromatic rings. The molecule has 0 saturated carbocycles. The third kappa shape index (κ3) is 6.47. The maximum Gasteiger partial charge on any atom is 0.416 e. The molecule has 0 fully saturated rings. The maximum atomic E-state index is 12.8. The number of benzene rings is 1. The van der Waals surface area contributed by atoms with Crippen molar-refractivity contribution in [3.8, 4) is 0 Å². The van der Waals surface area contributed by atoms with Crippen molar-refractivity contribution in [3.63, 3.8) is 0 Å². The summed E-state index contributed by atoms with van der Waals surface area (Å²) >= 11 is 0. The summed E-state index contributed by atoms with van der Waals surface area (Å²) in [5.41, 5.74) is -0.506. The normalized spacial score (nSPS) is 12.8. The van der Waals surface area contributed by atoms with Crippen molar-refractivity contribution in [2.24, 2.45) is 10.1 Å². The number of hydrogen-bond acceptors (Lipinski definition) is 7. The smallest absolute Gasteiger partial charge is 0.365 e. The Hall–Kier alpha value is -2.71. The zero-order chi connectivity index (χ0) is 20.8. The Balaban J connectivity index is 2.03. The molecule has 0 aliphatic heterocycles. The fraction of sp³-hybridized carbons (Fsp3) is 0.357. The highest BCUT2D eigenvalue weighted by atomic mass is 32.2. The van der Waals surface area contributed by atoms with Crippen LogP contribution in [0.2, 0.25) is 0 Å². The van der Waals surface area contributed by atoms with Crippen LogP contribution in [0.25, 0.3) is 0 Å². The molecule has 14 heteroatoms. The van der Waals surface area contributed by atoms with Crippen LogP contribution < -0.4 is 20.5 Å². The van der Waals surface area contributed by atoms with E-state index in [0.717, 1.165) is 12.1 Å². The molecule has 0 aliphatic rings. The van der Waals surface area contributed by atoms with Gasteiger partial charge in [-0.2, -0.15) is 21.6 Å². The van der Waals surface area contributed by atoms with Gasteiger partial charge in [-0.05, 0) is 34.9 Å². The lowest BCUT2D eigenvalue weighted by molar-refractivity contribution is -0.137. The first-order chi connectivity index (χ1) is 13.1. The molecular weight excluding hydrogens is 403 g/mol. The van der Waals surface area contributed by atoms with Crippen molar-refractivity contribution in [3.05, 3.63) is 35.5 Å². The van der Waals surface area contributed by atoms with Gasteiger partial charge in [-0.1, -0.05) is 6.07 Å². The van der Waals surface area contributed by atoms with E-state index >= 15 is 0 Å². The first-order valence-electron chi connectivity index (χ1n) is 7.85. The second-order valence-corrected chi connectivity index (χ2v) is 6.84. The maximum absolute atomic E-state index is 12.8. The minimum atomic E-state index is -4.48. The number of halogens is 3. The number of nitrogens with zero attached hydrogens (tertiary/aromatic N) is 3. The van der Waals surface area contributed by atoms with Gasteiger partial charge in [0.25, 0.3) is 10.2 Å². The van der Waals surface area contributed by atoms with E-state index in [0.29, 0.717) is 13.0 Å². The first-order valence-corrected chi connectivity index (χ1v) is 9.40. The van der Waals surface area contributed by atoms with E-state index in [-0.39, 0.29) is 29.6 Å². The minimum Gasteiger partial charge on any atom is -0.365 e. The molecule has 0 radical (unpaired) electrons. The van der Waals surface area contributed by atoms with Crippen LogP contribution in [-0.2, 0) is 16.4 Å². The Kier molecular flexibility index (Phi) is 6.93. The van der Waals surface area contributed by atoms with Crippen LogP contribution in [0.15, 0.2) is 33.9 Å². The van der Waals surface area contributed by atoms with Gasteiger partial charge in [0.15, 0.2) is 11.5 Å². The van der Waals surface area contributed by atoms with Gasteiger partial charge in [0.2, 0.25) is 5.82 Å². The zero-order valence-electron chi connectivity index (χ0n) is 14.6. The molecule has 0 saturated heterocycles. The number of alkyl halides is 3. The van der Waals surface area contributed by atoms with Crippen molar-refractivity contribution in [1.82, 2.24) is 15.0 Å². The average molecular weight is 421 g/mol. The van der Waals surface area contributed by atoms with Gasteiger partial charge in [0, 0.05) is 25.8 Å². The summed E-state index contributed by atoms with van der Waals surface area (Å²) in [5.74, 6) is 0.321. The molecule has 1 aromatic heterocycles. The van der Waals surface area contributed by atoms with Crippen molar-refractivity contribution in [1.29, 1.82) is 0 Å². The van der Waals surface area contributed by atoms with E-state index in [1.807, 2.05) is 0 Å². The van der Waals surface area contributed by atoms with Gasteiger partial charge in [0.05, 0.1) is 5.56 Å². The van der Waals surface area contributed by atoms with E-state index in [2.05, 4.69) is 35.3 Å². The van der Waals surface area contributed by atoms with Crippen LogP contribution in [0.5, 0.6) is 0 Å². The lowest BCUT2D eigenvalue weighted by atomic mass is 10.2. The summed E-state index contributed by atoms with van der Waals surface area (Å²) in [7, 11) is -2.35. The predicted molar refractivity (Wildman–Crippen MR) is 96.0 cm³/mol. The van der Waals surface area contributed by atoms with Crippen molar-refractivity contribution in [2.45, 2.75) is 12.6 Å².